The first-order valence-corrected chi connectivity index (χ1v) is 7.57. The van der Waals surface area contributed by atoms with E-state index in [4.69, 9.17) is 11.6 Å². The average molecular weight is 310 g/mol. The summed E-state index contributed by atoms with van der Waals surface area (Å²) in [4.78, 5) is 25.3. The highest BCUT2D eigenvalue weighted by molar-refractivity contribution is 6.33. The van der Waals surface area contributed by atoms with E-state index < -0.39 is 0 Å². The van der Waals surface area contributed by atoms with Crippen molar-refractivity contribution in [3.63, 3.8) is 0 Å². The van der Waals surface area contributed by atoms with Crippen molar-refractivity contribution in [2.75, 3.05) is 31.5 Å². The maximum atomic E-state index is 11.8. The standard InChI is InChI=1S/C15H20ClN3O2/c16-12-5-1-2-6-13(12)18-11-14(20)17-8-7-15(21)19-9-3-4-10-19/h1-2,5-6,18H,3-4,7-11H2,(H,17,20). The number of halogens is 1. The van der Waals surface area contributed by atoms with Crippen molar-refractivity contribution in [3.8, 4) is 0 Å². The quantitative estimate of drug-likeness (QED) is 0.843. The van der Waals surface area contributed by atoms with Crippen LogP contribution < -0.4 is 10.6 Å². The molecule has 2 amide bonds. The maximum absolute atomic E-state index is 11.8. The monoisotopic (exact) mass is 309 g/mol. The molecule has 0 aromatic heterocycles. The number of para-hydroxylation sites is 1. The van der Waals surface area contributed by atoms with Crippen LogP contribution in [0.5, 0.6) is 0 Å². The number of carbonyl (C=O) groups excluding carboxylic acids is 2. The Morgan fingerprint density at radius 2 is 1.90 bits per heavy atom. The normalized spacial score (nSPS) is 14.0. The zero-order valence-electron chi connectivity index (χ0n) is 11.9. The van der Waals surface area contributed by atoms with Crippen molar-refractivity contribution in [2.24, 2.45) is 0 Å². The van der Waals surface area contributed by atoms with Gasteiger partial charge in [-0.25, -0.2) is 0 Å². The fourth-order valence-corrected chi connectivity index (χ4v) is 2.48. The Kier molecular flexibility index (Phi) is 5.87. The van der Waals surface area contributed by atoms with Crippen LogP contribution in [0, 0.1) is 0 Å². The van der Waals surface area contributed by atoms with Gasteiger partial charge in [0, 0.05) is 26.1 Å². The van der Waals surface area contributed by atoms with Crippen LogP contribution in [-0.2, 0) is 9.59 Å². The lowest BCUT2D eigenvalue weighted by Crippen LogP contribution is -2.35. The number of rotatable bonds is 6. The van der Waals surface area contributed by atoms with Gasteiger partial charge < -0.3 is 15.5 Å². The molecule has 1 aliphatic rings. The van der Waals surface area contributed by atoms with Crippen molar-refractivity contribution >= 4 is 29.1 Å². The van der Waals surface area contributed by atoms with Crippen molar-refractivity contribution in [1.29, 1.82) is 0 Å². The van der Waals surface area contributed by atoms with E-state index in [1.807, 2.05) is 23.1 Å². The molecule has 5 nitrogen and oxygen atoms in total. The molecule has 21 heavy (non-hydrogen) atoms. The summed E-state index contributed by atoms with van der Waals surface area (Å²) in [5.41, 5.74) is 0.724. The van der Waals surface area contributed by atoms with Gasteiger partial charge in [0.05, 0.1) is 17.3 Å². The fourth-order valence-electron chi connectivity index (χ4n) is 2.28. The molecule has 1 aromatic rings. The van der Waals surface area contributed by atoms with Crippen molar-refractivity contribution in [2.45, 2.75) is 19.3 Å². The zero-order valence-corrected chi connectivity index (χ0v) is 12.7. The van der Waals surface area contributed by atoms with E-state index in [2.05, 4.69) is 10.6 Å². The van der Waals surface area contributed by atoms with Gasteiger partial charge in [-0.3, -0.25) is 9.59 Å². The third-order valence-electron chi connectivity index (χ3n) is 3.43. The Hall–Kier alpha value is -1.75. The summed E-state index contributed by atoms with van der Waals surface area (Å²) >= 11 is 5.98. The van der Waals surface area contributed by atoms with Crippen LogP contribution in [-0.4, -0.2) is 42.9 Å². The van der Waals surface area contributed by atoms with E-state index in [9.17, 15) is 9.59 Å². The number of benzene rings is 1. The summed E-state index contributed by atoms with van der Waals surface area (Å²) in [5.74, 6) is -0.0315. The summed E-state index contributed by atoms with van der Waals surface area (Å²) in [7, 11) is 0. The lowest BCUT2D eigenvalue weighted by Gasteiger charge is -2.15. The summed E-state index contributed by atoms with van der Waals surface area (Å²) in [6.45, 7) is 2.21. The second-order valence-electron chi connectivity index (χ2n) is 5.02. The Labute approximate surface area is 129 Å². The minimum atomic E-state index is -0.149. The van der Waals surface area contributed by atoms with Gasteiger partial charge in [-0.1, -0.05) is 23.7 Å². The Morgan fingerprint density at radius 1 is 1.19 bits per heavy atom. The number of amides is 2. The SMILES string of the molecule is O=C(CNc1ccccc1Cl)NCCC(=O)N1CCCC1. The van der Waals surface area contributed by atoms with Crippen molar-refractivity contribution in [1.82, 2.24) is 10.2 Å². The number of anilines is 1. The van der Waals surface area contributed by atoms with Crippen LogP contribution in [0.25, 0.3) is 0 Å². The molecular weight excluding hydrogens is 290 g/mol. The van der Waals surface area contributed by atoms with Gasteiger partial charge in [-0.15, -0.1) is 0 Å². The molecular formula is C15H20ClN3O2. The summed E-state index contributed by atoms with van der Waals surface area (Å²) in [6, 6.07) is 7.25. The van der Waals surface area contributed by atoms with Gasteiger partial charge in [0.25, 0.3) is 0 Å². The zero-order chi connectivity index (χ0) is 15.1. The van der Waals surface area contributed by atoms with Gasteiger partial charge >= 0.3 is 0 Å². The molecule has 2 N–H and O–H groups in total. The molecule has 1 fully saturated rings. The van der Waals surface area contributed by atoms with E-state index in [1.165, 1.54) is 0 Å². The minimum absolute atomic E-state index is 0.117. The maximum Gasteiger partial charge on any atom is 0.239 e. The van der Waals surface area contributed by atoms with E-state index in [1.54, 1.807) is 6.07 Å². The summed E-state index contributed by atoms with van der Waals surface area (Å²) in [5, 5.41) is 6.28. The molecule has 114 valence electrons. The number of nitrogens with zero attached hydrogens (tertiary/aromatic N) is 1. The molecule has 0 saturated carbocycles. The van der Waals surface area contributed by atoms with Gasteiger partial charge in [0.15, 0.2) is 0 Å². The number of likely N-dealkylation sites (tertiary alicyclic amines) is 1. The predicted octanol–water partition coefficient (Wildman–Crippen LogP) is 1.88. The topological polar surface area (TPSA) is 61.4 Å². The van der Waals surface area contributed by atoms with Crippen LogP contribution in [0.4, 0.5) is 5.69 Å². The molecule has 1 saturated heterocycles. The fraction of sp³-hybridized carbons (Fsp3) is 0.467. The number of carbonyl (C=O) groups is 2. The van der Waals surface area contributed by atoms with Gasteiger partial charge in [-0.2, -0.15) is 0 Å². The first kappa shape index (κ1) is 15.6. The number of hydrogen-bond donors (Lipinski definition) is 2. The average Bonchev–Trinajstić information content (AvgIpc) is 3.00. The van der Waals surface area contributed by atoms with Crippen LogP contribution >= 0.6 is 11.6 Å². The smallest absolute Gasteiger partial charge is 0.239 e. The molecule has 1 aromatic carbocycles. The molecule has 0 unspecified atom stereocenters. The van der Waals surface area contributed by atoms with Gasteiger partial charge in [0.1, 0.15) is 0 Å². The van der Waals surface area contributed by atoms with Crippen LogP contribution in [0.2, 0.25) is 5.02 Å². The molecule has 1 heterocycles. The third-order valence-corrected chi connectivity index (χ3v) is 3.76. The van der Waals surface area contributed by atoms with Gasteiger partial charge in [0.2, 0.25) is 11.8 Å². The summed E-state index contributed by atoms with van der Waals surface area (Å²) < 4.78 is 0. The van der Waals surface area contributed by atoms with E-state index in [-0.39, 0.29) is 18.4 Å². The van der Waals surface area contributed by atoms with Gasteiger partial charge in [-0.05, 0) is 25.0 Å². The highest BCUT2D eigenvalue weighted by atomic mass is 35.5. The lowest BCUT2D eigenvalue weighted by atomic mass is 10.3. The van der Waals surface area contributed by atoms with Crippen LogP contribution in [0.1, 0.15) is 19.3 Å². The molecule has 0 radical (unpaired) electrons. The lowest BCUT2D eigenvalue weighted by molar-refractivity contribution is -0.130. The Balaban J connectivity index is 1.63. The summed E-state index contributed by atoms with van der Waals surface area (Å²) in [6.07, 6.45) is 2.53. The number of nitrogens with one attached hydrogen (secondary N) is 2. The molecule has 0 spiro atoms. The molecule has 0 atom stereocenters. The molecule has 0 aliphatic carbocycles. The second kappa shape index (κ2) is 7.88. The molecule has 0 bridgehead atoms. The third kappa shape index (κ3) is 4.93. The highest BCUT2D eigenvalue weighted by Gasteiger charge is 2.17. The van der Waals surface area contributed by atoms with Crippen molar-refractivity contribution in [3.05, 3.63) is 29.3 Å². The number of hydrogen-bond acceptors (Lipinski definition) is 3. The molecule has 1 aliphatic heterocycles. The largest absolute Gasteiger partial charge is 0.375 e. The predicted molar refractivity (Wildman–Crippen MR) is 83.4 cm³/mol. The van der Waals surface area contributed by atoms with Crippen molar-refractivity contribution < 1.29 is 9.59 Å². The first-order valence-electron chi connectivity index (χ1n) is 7.19. The Bertz CT molecular complexity index is 501. The van der Waals surface area contributed by atoms with E-state index in [0.29, 0.717) is 18.0 Å². The molecule has 2 rings (SSSR count). The van der Waals surface area contributed by atoms with E-state index >= 15 is 0 Å². The second-order valence-corrected chi connectivity index (χ2v) is 5.43. The first-order chi connectivity index (χ1) is 10.2. The van der Waals surface area contributed by atoms with E-state index in [0.717, 1.165) is 31.6 Å². The highest BCUT2D eigenvalue weighted by Crippen LogP contribution is 2.19. The Morgan fingerprint density at radius 3 is 2.62 bits per heavy atom. The minimum Gasteiger partial charge on any atom is -0.375 e. The van der Waals surface area contributed by atoms with Crippen LogP contribution in [0.3, 0.4) is 0 Å². The molecule has 6 heteroatoms. The van der Waals surface area contributed by atoms with Crippen LogP contribution in [0.15, 0.2) is 24.3 Å².